The molecular weight excluding hydrogens is 302 g/mol. The zero-order chi connectivity index (χ0) is 16.2. The first-order chi connectivity index (χ1) is 9.62. The van der Waals surface area contributed by atoms with Crippen molar-refractivity contribution in [3.8, 4) is 0 Å². The van der Waals surface area contributed by atoms with E-state index in [1.54, 1.807) is 13.8 Å². The van der Waals surface area contributed by atoms with E-state index in [9.17, 15) is 22.0 Å². The van der Waals surface area contributed by atoms with E-state index in [-0.39, 0.29) is 19.0 Å². The second kappa shape index (κ2) is 6.84. The number of halogens is 2. The van der Waals surface area contributed by atoms with E-state index in [1.807, 2.05) is 0 Å². The molecule has 1 aromatic carbocycles. The van der Waals surface area contributed by atoms with Gasteiger partial charge in [-0.15, -0.1) is 0 Å². The van der Waals surface area contributed by atoms with Gasteiger partial charge in [-0.05, 0) is 26.0 Å². The number of sulfonamides is 1. The molecule has 0 saturated heterocycles. The lowest BCUT2D eigenvalue weighted by Crippen LogP contribution is -2.37. The molecule has 5 nitrogen and oxygen atoms in total. The predicted molar refractivity (Wildman–Crippen MR) is 76.4 cm³/mol. The first kappa shape index (κ1) is 17.4. The number of nitrogens with zero attached hydrogens (tertiary/aromatic N) is 1. The summed E-state index contributed by atoms with van der Waals surface area (Å²) in [6.07, 6.45) is 0.637. The molecule has 1 aromatic rings. The van der Waals surface area contributed by atoms with Crippen LogP contribution in [0.25, 0.3) is 0 Å². The van der Waals surface area contributed by atoms with Crippen molar-refractivity contribution in [3.63, 3.8) is 0 Å². The maximum atomic E-state index is 13.7. The van der Waals surface area contributed by atoms with Gasteiger partial charge in [0, 0.05) is 19.0 Å². The molecule has 21 heavy (non-hydrogen) atoms. The van der Waals surface area contributed by atoms with E-state index in [4.69, 9.17) is 0 Å². The Kier molecular flexibility index (Phi) is 5.65. The molecule has 1 N–H and O–H groups in total. The van der Waals surface area contributed by atoms with Crippen LogP contribution in [-0.2, 0) is 14.8 Å². The average molecular weight is 320 g/mol. The van der Waals surface area contributed by atoms with Crippen LogP contribution in [-0.4, -0.2) is 33.2 Å². The summed E-state index contributed by atoms with van der Waals surface area (Å²) < 4.78 is 51.5. The molecule has 0 radical (unpaired) electrons. The molecule has 0 aliphatic rings. The fraction of sp³-hybridized carbons (Fsp3) is 0.462. The van der Waals surface area contributed by atoms with E-state index >= 15 is 0 Å². The summed E-state index contributed by atoms with van der Waals surface area (Å²) in [5, 5.41) is 2.58. The molecule has 1 amide bonds. The number of amides is 1. The normalized spacial score (nSPS) is 11.5. The van der Waals surface area contributed by atoms with Gasteiger partial charge in [-0.2, -0.15) is 0 Å². The van der Waals surface area contributed by atoms with E-state index in [2.05, 4.69) is 5.32 Å². The molecule has 1 rings (SSSR count). The minimum atomic E-state index is -3.91. The maximum Gasteiger partial charge on any atom is 0.232 e. The molecule has 0 bridgehead atoms. The minimum Gasteiger partial charge on any atom is -0.354 e. The third-order valence-corrected chi connectivity index (χ3v) is 3.74. The minimum absolute atomic E-state index is 0.102. The Bertz CT molecular complexity index is 598. The Morgan fingerprint density at radius 3 is 2.24 bits per heavy atom. The van der Waals surface area contributed by atoms with Gasteiger partial charge >= 0.3 is 0 Å². The van der Waals surface area contributed by atoms with Crippen LogP contribution in [0.2, 0.25) is 0 Å². The van der Waals surface area contributed by atoms with Gasteiger partial charge in [0.15, 0.2) is 11.6 Å². The van der Waals surface area contributed by atoms with Crippen molar-refractivity contribution in [2.45, 2.75) is 26.3 Å². The zero-order valence-corrected chi connectivity index (χ0v) is 12.9. The monoisotopic (exact) mass is 320 g/mol. The fourth-order valence-corrected chi connectivity index (χ4v) is 2.70. The quantitative estimate of drug-likeness (QED) is 0.866. The molecule has 0 aliphatic heterocycles. The van der Waals surface area contributed by atoms with Crippen molar-refractivity contribution in [3.05, 3.63) is 29.8 Å². The number of carbonyl (C=O) groups is 1. The van der Waals surface area contributed by atoms with Crippen LogP contribution in [0.3, 0.4) is 0 Å². The molecule has 0 spiro atoms. The lowest BCUT2D eigenvalue weighted by atomic mass is 10.2. The molecule has 8 heteroatoms. The molecule has 0 heterocycles. The fourth-order valence-electron chi connectivity index (χ4n) is 1.77. The van der Waals surface area contributed by atoms with E-state index < -0.39 is 33.3 Å². The van der Waals surface area contributed by atoms with E-state index in [0.717, 1.165) is 24.5 Å². The lowest BCUT2D eigenvalue weighted by Gasteiger charge is -2.23. The maximum absolute atomic E-state index is 13.7. The van der Waals surface area contributed by atoms with Gasteiger partial charge in [0.2, 0.25) is 15.9 Å². The van der Waals surface area contributed by atoms with Gasteiger partial charge in [-0.3, -0.25) is 9.10 Å². The van der Waals surface area contributed by atoms with Crippen LogP contribution in [0.5, 0.6) is 0 Å². The summed E-state index contributed by atoms with van der Waals surface area (Å²) in [5.41, 5.74) is -0.669. The number of hydrogen-bond acceptors (Lipinski definition) is 3. The number of nitrogens with one attached hydrogen (secondary N) is 1. The Morgan fingerprint density at radius 1 is 1.29 bits per heavy atom. The molecule has 0 aliphatic carbocycles. The summed E-state index contributed by atoms with van der Waals surface area (Å²) in [7, 11) is -3.91. The highest BCUT2D eigenvalue weighted by atomic mass is 32.2. The van der Waals surface area contributed by atoms with E-state index in [0.29, 0.717) is 4.31 Å². The second-order valence-electron chi connectivity index (χ2n) is 4.88. The Labute approximate surface area is 123 Å². The van der Waals surface area contributed by atoms with Crippen LogP contribution >= 0.6 is 0 Å². The zero-order valence-electron chi connectivity index (χ0n) is 12.1. The third-order valence-electron chi connectivity index (χ3n) is 2.58. The smallest absolute Gasteiger partial charge is 0.232 e. The Balaban J connectivity index is 3.01. The number of rotatable bonds is 6. The Morgan fingerprint density at radius 2 is 1.81 bits per heavy atom. The number of hydrogen-bond donors (Lipinski definition) is 1. The largest absolute Gasteiger partial charge is 0.354 e. The van der Waals surface area contributed by atoms with Gasteiger partial charge in [0.1, 0.15) is 5.69 Å². The van der Waals surface area contributed by atoms with Crippen LogP contribution in [0.4, 0.5) is 14.5 Å². The molecule has 0 fully saturated rings. The van der Waals surface area contributed by atoms with Crippen molar-refractivity contribution < 1.29 is 22.0 Å². The van der Waals surface area contributed by atoms with Crippen molar-refractivity contribution in [1.29, 1.82) is 0 Å². The summed E-state index contributed by atoms with van der Waals surface area (Å²) in [5.74, 6) is -2.38. The first-order valence-corrected chi connectivity index (χ1v) is 8.19. The molecule has 0 saturated carbocycles. The number of anilines is 1. The van der Waals surface area contributed by atoms with Crippen LogP contribution in [0.1, 0.15) is 20.3 Å². The van der Waals surface area contributed by atoms with Crippen LogP contribution < -0.4 is 9.62 Å². The summed E-state index contributed by atoms with van der Waals surface area (Å²) in [6.45, 7) is 3.17. The van der Waals surface area contributed by atoms with Gasteiger partial charge in [0.05, 0.1) is 6.26 Å². The van der Waals surface area contributed by atoms with Crippen molar-refractivity contribution >= 4 is 21.6 Å². The third kappa shape index (κ3) is 4.96. The summed E-state index contributed by atoms with van der Waals surface area (Å²) >= 11 is 0. The predicted octanol–water partition coefficient (Wildman–Crippen LogP) is 1.65. The van der Waals surface area contributed by atoms with Crippen molar-refractivity contribution in [2.24, 2.45) is 0 Å². The molecule has 118 valence electrons. The molecule has 0 aromatic heterocycles. The standard InChI is InChI=1S/C13H18F2N2O3S/c1-9(2)16-12(18)7-8-17(21(3,19)20)13-10(14)5-4-6-11(13)15/h4-6,9H,7-8H2,1-3H3,(H,16,18). The van der Waals surface area contributed by atoms with Crippen LogP contribution in [0.15, 0.2) is 18.2 Å². The topological polar surface area (TPSA) is 66.5 Å². The van der Waals surface area contributed by atoms with Gasteiger partial charge in [-0.25, -0.2) is 17.2 Å². The van der Waals surface area contributed by atoms with Gasteiger partial charge in [-0.1, -0.05) is 6.07 Å². The SMILES string of the molecule is CC(C)NC(=O)CCN(c1c(F)cccc1F)S(C)(=O)=O. The molecule has 0 unspecified atom stereocenters. The second-order valence-corrected chi connectivity index (χ2v) is 6.78. The van der Waals surface area contributed by atoms with Crippen LogP contribution in [0, 0.1) is 11.6 Å². The van der Waals surface area contributed by atoms with Crippen molar-refractivity contribution in [1.82, 2.24) is 5.32 Å². The number of para-hydroxylation sites is 1. The average Bonchev–Trinajstić information content (AvgIpc) is 2.30. The Hall–Kier alpha value is -1.70. The van der Waals surface area contributed by atoms with Crippen molar-refractivity contribution in [2.75, 3.05) is 17.1 Å². The number of benzene rings is 1. The highest BCUT2D eigenvalue weighted by molar-refractivity contribution is 7.92. The molecule has 0 atom stereocenters. The van der Waals surface area contributed by atoms with Gasteiger partial charge in [0.25, 0.3) is 0 Å². The van der Waals surface area contributed by atoms with Gasteiger partial charge < -0.3 is 5.32 Å². The van der Waals surface area contributed by atoms with E-state index in [1.165, 1.54) is 0 Å². The summed E-state index contributed by atoms with van der Waals surface area (Å²) in [6, 6.07) is 2.96. The number of carbonyl (C=O) groups excluding carboxylic acids is 1. The molecular formula is C13H18F2N2O3S. The highest BCUT2D eigenvalue weighted by Gasteiger charge is 2.24. The lowest BCUT2D eigenvalue weighted by molar-refractivity contribution is -0.121. The highest BCUT2D eigenvalue weighted by Crippen LogP contribution is 2.25. The summed E-state index contributed by atoms with van der Waals surface area (Å²) in [4.78, 5) is 11.6. The first-order valence-electron chi connectivity index (χ1n) is 6.34.